The van der Waals surface area contributed by atoms with Gasteiger partial charge >= 0.3 is 0 Å². The zero-order chi connectivity index (χ0) is 23.4. The Morgan fingerprint density at radius 1 is 0.818 bits per heavy atom. The standard InChI is InChI=1S/C28H35N4.Ir/c1-25(2,3)22-13-19-16(14-29-22)23-30-20-11-17-18(28(9,10)15-27(17,7)8)12-21(20)32(23)24(31-19)26(4,5)6;/h11-13H,15H2,1-10H3;/q-1;. The van der Waals surface area contributed by atoms with Gasteiger partial charge in [-0.3, -0.25) is 9.97 Å². The van der Waals surface area contributed by atoms with Gasteiger partial charge in [0.05, 0.1) is 16.7 Å². The van der Waals surface area contributed by atoms with E-state index < -0.39 is 0 Å². The number of pyridine rings is 1. The van der Waals surface area contributed by atoms with E-state index in [0.29, 0.717) is 0 Å². The Bertz CT molecular complexity index is 1410. The average molecular weight is 620 g/mol. The van der Waals surface area contributed by atoms with Crippen LogP contribution in [-0.2, 0) is 41.8 Å². The van der Waals surface area contributed by atoms with Crippen molar-refractivity contribution in [3.63, 3.8) is 0 Å². The van der Waals surface area contributed by atoms with Crippen LogP contribution in [0.4, 0.5) is 0 Å². The van der Waals surface area contributed by atoms with Gasteiger partial charge in [-0.05, 0) is 63.3 Å². The minimum absolute atomic E-state index is 0. The van der Waals surface area contributed by atoms with Crippen LogP contribution in [0.5, 0.6) is 0 Å². The third-order valence-electron chi connectivity index (χ3n) is 7.05. The molecule has 5 rings (SSSR count). The number of hydrogen-bond donors (Lipinski definition) is 0. The minimum atomic E-state index is -0.140. The molecule has 1 radical (unpaired) electrons. The zero-order valence-corrected chi connectivity index (χ0v) is 24.0. The average Bonchev–Trinajstić information content (AvgIpc) is 3.10. The summed E-state index contributed by atoms with van der Waals surface area (Å²) in [6.45, 7) is 22.6. The molecule has 177 valence electrons. The maximum atomic E-state index is 5.18. The molecule has 3 heterocycles. The van der Waals surface area contributed by atoms with E-state index in [1.165, 1.54) is 11.1 Å². The summed E-state index contributed by atoms with van der Waals surface area (Å²) < 4.78 is 2.26. The van der Waals surface area contributed by atoms with E-state index in [-0.39, 0.29) is 41.8 Å². The molecule has 5 heteroatoms. The van der Waals surface area contributed by atoms with Crippen molar-refractivity contribution >= 4 is 27.6 Å². The Hall–Kier alpha value is -1.84. The van der Waals surface area contributed by atoms with Gasteiger partial charge in [0.25, 0.3) is 0 Å². The molecule has 1 aliphatic carbocycles. The summed E-state index contributed by atoms with van der Waals surface area (Å²) in [7, 11) is 0. The SMILES string of the molecule is CC(C)(C)c1cc2nc(C(C)(C)C)n3c4cc5c(cc4nc3c2[c-]n1)C(C)(C)CC5(C)C.[Ir]. The van der Waals surface area contributed by atoms with Crippen LogP contribution >= 0.6 is 0 Å². The van der Waals surface area contributed by atoms with Crippen LogP contribution in [-0.4, -0.2) is 19.4 Å². The first-order valence-corrected chi connectivity index (χ1v) is 11.7. The van der Waals surface area contributed by atoms with E-state index in [1.807, 2.05) is 0 Å². The van der Waals surface area contributed by atoms with Crippen molar-refractivity contribution in [2.24, 2.45) is 0 Å². The summed E-state index contributed by atoms with van der Waals surface area (Å²) in [5.74, 6) is 1.02. The van der Waals surface area contributed by atoms with Crippen molar-refractivity contribution in [1.82, 2.24) is 19.4 Å². The Balaban J connectivity index is 0.00000259. The first-order chi connectivity index (χ1) is 14.6. The third kappa shape index (κ3) is 3.63. The maximum Gasteiger partial charge on any atom is 0.102 e. The van der Waals surface area contributed by atoms with Gasteiger partial charge in [0, 0.05) is 25.5 Å². The van der Waals surface area contributed by atoms with Gasteiger partial charge in [0.15, 0.2) is 0 Å². The zero-order valence-electron chi connectivity index (χ0n) is 21.6. The molecule has 0 aliphatic heterocycles. The van der Waals surface area contributed by atoms with Gasteiger partial charge in [0.2, 0.25) is 0 Å². The van der Waals surface area contributed by atoms with E-state index in [9.17, 15) is 0 Å². The monoisotopic (exact) mass is 620 g/mol. The van der Waals surface area contributed by atoms with Crippen LogP contribution in [0.2, 0.25) is 0 Å². The van der Waals surface area contributed by atoms with Gasteiger partial charge in [-0.15, -0.1) is 0 Å². The molecule has 3 aromatic heterocycles. The predicted octanol–water partition coefficient (Wildman–Crippen LogP) is 6.78. The molecule has 1 aliphatic rings. The molecule has 4 aromatic rings. The Morgan fingerprint density at radius 3 is 2.00 bits per heavy atom. The largest absolute Gasteiger partial charge is 0.356 e. The topological polar surface area (TPSA) is 43.1 Å². The smallest absolute Gasteiger partial charge is 0.102 e. The molecule has 0 unspecified atom stereocenters. The first-order valence-electron chi connectivity index (χ1n) is 11.7. The van der Waals surface area contributed by atoms with Crippen molar-refractivity contribution < 1.29 is 20.1 Å². The Labute approximate surface area is 211 Å². The quantitative estimate of drug-likeness (QED) is 0.204. The molecule has 0 atom stereocenters. The second kappa shape index (κ2) is 7.09. The van der Waals surface area contributed by atoms with E-state index in [0.717, 1.165) is 45.5 Å². The Kier molecular flexibility index (Phi) is 5.22. The second-order valence-corrected chi connectivity index (χ2v) is 13.1. The number of aromatic nitrogens is 4. The van der Waals surface area contributed by atoms with Gasteiger partial charge in [-0.1, -0.05) is 80.7 Å². The normalized spacial score (nSPS) is 17.5. The molecule has 1 aromatic carbocycles. The second-order valence-electron chi connectivity index (χ2n) is 13.1. The van der Waals surface area contributed by atoms with E-state index in [2.05, 4.69) is 103 Å². The summed E-state index contributed by atoms with van der Waals surface area (Å²) >= 11 is 0. The van der Waals surface area contributed by atoms with Crippen LogP contribution in [0.25, 0.3) is 27.6 Å². The van der Waals surface area contributed by atoms with Crippen molar-refractivity contribution in [2.45, 2.75) is 97.3 Å². The van der Waals surface area contributed by atoms with Crippen LogP contribution in [0, 0.1) is 6.20 Å². The predicted molar refractivity (Wildman–Crippen MR) is 133 cm³/mol. The summed E-state index contributed by atoms with van der Waals surface area (Å²) in [5, 5.41) is 0.890. The molecule has 0 spiro atoms. The fraction of sp³-hybridized carbons (Fsp3) is 0.536. The van der Waals surface area contributed by atoms with Crippen LogP contribution in [0.1, 0.15) is 98.3 Å². The molecule has 0 bridgehead atoms. The number of hydrogen-bond acceptors (Lipinski definition) is 3. The van der Waals surface area contributed by atoms with Gasteiger partial charge in [-0.25, -0.2) is 0 Å². The fourth-order valence-corrected chi connectivity index (χ4v) is 5.63. The number of rotatable bonds is 0. The molecule has 33 heavy (non-hydrogen) atoms. The first kappa shape index (κ1) is 24.3. The van der Waals surface area contributed by atoms with E-state index >= 15 is 0 Å². The minimum Gasteiger partial charge on any atom is -0.356 e. The van der Waals surface area contributed by atoms with Crippen molar-refractivity contribution in [2.75, 3.05) is 0 Å². The van der Waals surface area contributed by atoms with Crippen molar-refractivity contribution in [3.05, 3.63) is 47.0 Å². The van der Waals surface area contributed by atoms with Gasteiger partial charge in [-0.2, -0.15) is 0 Å². The van der Waals surface area contributed by atoms with Gasteiger partial charge in [0.1, 0.15) is 5.82 Å². The molecular formula is C28H35IrN4-. The third-order valence-corrected chi connectivity index (χ3v) is 7.05. The molecule has 0 fully saturated rings. The summed E-state index contributed by atoms with van der Waals surface area (Å²) in [4.78, 5) is 15.0. The number of imidazole rings is 1. The fourth-order valence-electron chi connectivity index (χ4n) is 5.63. The Morgan fingerprint density at radius 2 is 1.42 bits per heavy atom. The number of benzene rings is 1. The van der Waals surface area contributed by atoms with Gasteiger partial charge < -0.3 is 9.38 Å². The summed E-state index contributed by atoms with van der Waals surface area (Å²) in [6, 6.07) is 6.81. The van der Waals surface area contributed by atoms with Crippen molar-refractivity contribution in [1.29, 1.82) is 0 Å². The molecule has 4 nitrogen and oxygen atoms in total. The molecule has 0 saturated carbocycles. The maximum absolute atomic E-state index is 5.18. The molecule has 0 saturated heterocycles. The number of fused-ring (bicyclic) bond motifs is 6. The van der Waals surface area contributed by atoms with Crippen LogP contribution in [0.3, 0.4) is 0 Å². The van der Waals surface area contributed by atoms with Crippen molar-refractivity contribution in [3.8, 4) is 0 Å². The summed E-state index contributed by atoms with van der Waals surface area (Å²) in [6.07, 6.45) is 4.45. The number of nitrogens with zero attached hydrogens (tertiary/aromatic N) is 4. The van der Waals surface area contributed by atoms with E-state index in [1.54, 1.807) is 0 Å². The van der Waals surface area contributed by atoms with Crippen LogP contribution in [0.15, 0.2) is 18.2 Å². The molecule has 0 N–H and O–H groups in total. The summed E-state index contributed by atoms with van der Waals surface area (Å²) in [5.41, 5.74) is 7.93. The molecular weight excluding hydrogens is 585 g/mol. The van der Waals surface area contributed by atoms with Crippen LogP contribution < -0.4 is 0 Å². The van der Waals surface area contributed by atoms with E-state index in [4.69, 9.17) is 9.97 Å². The molecule has 0 amide bonds.